The number of aromatic nitrogens is 1. The quantitative estimate of drug-likeness (QED) is 0.669. The maximum absolute atomic E-state index is 10.7. The molecule has 1 aromatic carbocycles. The van der Waals surface area contributed by atoms with Crippen LogP contribution >= 0.6 is 0 Å². The number of fused-ring (bicyclic) bond motifs is 1. The summed E-state index contributed by atoms with van der Waals surface area (Å²) in [5.74, 6) is 0.810. The predicted octanol–water partition coefficient (Wildman–Crippen LogP) is 2.10. The van der Waals surface area contributed by atoms with E-state index in [4.69, 9.17) is 0 Å². The number of piperidine rings is 1. The van der Waals surface area contributed by atoms with E-state index in [1.165, 1.54) is 12.1 Å². The number of β-amino-alcohol motifs (C(OH)–C–C–N with tert-alkyl or cyclic N) is 1. The lowest BCUT2D eigenvalue weighted by Crippen LogP contribution is -2.38. The molecule has 0 saturated carbocycles. The van der Waals surface area contributed by atoms with Gasteiger partial charge in [-0.2, -0.15) is 0 Å². The van der Waals surface area contributed by atoms with Gasteiger partial charge in [-0.3, -0.25) is 10.1 Å². The molecule has 0 aliphatic carbocycles. The molecule has 0 unspecified atom stereocenters. The number of benzene rings is 1. The average Bonchev–Trinajstić information content (AvgIpc) is 2.46. The van der Waals surface area contributed by atoms with Gasteiger partial charge in [0.1, 0.15) is 5.82 Å². The first-order chi connectivity index (χ1) is 9.63. The Morgan fingerprint density at radius 3 is 2.95 bits per heavy atom. The number of anilines is 1. The van der Waals surface area contributed by atoms with Gasteiger partial charge in [-0.25, -0.2) is 4.98 Å². The van der Waals surface area contributed by atoms with Gasteiger partial charge in [-0.05, 0) is 31.0 Å². The first-order valence-electron chi connectivity index (χ1n) is 6.62. The molecule has 3 rings (SSSR count). The zero-order chi connectivity index (χ0) is 14.1. The first-order valence-corrected chi connectivity index (χ1v) is 6.62. The van der Waals surface area contributed by atoms with Crippen molar-refractivity contribution in [1.82, 2.24) is 4.98 Å². The zero-order valence-corrected chi connectivity index (χ0v) is 10.9. The lowest BCUT2D eigenvalue weighted by atomic mass is 10.1. The molecule has 1 N–H and O–H groups in total. The van der Waals surface area contributed by atoms with E-state index in [0.717, 1.165) is 36.1 Å². The molecule has 1 aromatic heterocycles. The second-order valence-corrected chi connectivity index (χ2v) is 5.05. The van der Waals surface area contributed by atoms with Crippen LogP contribution in [-0.2, 0) is 0 Å². The van der Waals surface area contributed by atoms with Crippen molar-refractivity contribution in [3.05, 3.63) is 40.4 Å². The van der Waals surface area contributed by atoms with Crippen LogP contribution in [0.5, 0.6) is 0 Å². The Kier molecular flexibility index (Phi) is 3.23. The molecule has 1 aliphatic heterocycles. The molecule has 6 heteroatoms. The van der Waals surface area contributed by atoms with Crippen molar-refractivity contribution in [2.24, 2.45) is 0 Å². The van der Waals surface area contributed by atoms with Crippen molar-refractivity contribution >= 4 is 22.4 Å². The number of pyridine rings is 1. The lowest BCUT2D eigenvalue weighted by Gasteiger charge is -2.31. The SMILES string of the molecule is O=[N+]([O-])c1ccc2nc(N3CCC[C@H](O)C3)ccc2c1. The molecule has 104 valence electrons. The van der Waals surface area contributed by atoms with E-state index in [2.05, 4.69) is 9.88 Å². The summed E-state index contributed by atoms with van der Waals surface area (Å²) in [5, 5.41) is 21.2. The van der Waals surface area contributed by atoms with Gasteiger partial charge in [0.05, 0.1) is 16.5 Å². The number of rotatable bonds is 2. The Bertz CT molecular complexity index is 659. The van der Waals surface area contributed by atoms with Crippen molar-refractivity contribution in [2.75, 3.05) is 18.0 Å². The zero-order valence-electron chi connectivity index (χ0n) is 10.9. The average molecular weight is 273 g/mol. The fourth-order valence-electron chi connectivity index (χ4n) is 2.55. The highest BCUT2D eigenvalue weighted by Gasteiger charge is 2.19. The Morgan fingerprint density at radius 1 is 1.35 bits per heavy atom. The largest absolute Gasteiger partial charge is 0.391 e. The van der Waals surface area contributed by atoms with Gasteiger partial charge in [0.15, 0.2) is 0 Å². The fraction of sp³-hybridized carbons (Fsp3) is 0.357. The van der Waals surface area contributed by atoms with Gasteiger partial charge in [-0.1, -0.05) is 0 Å². The van der Waals surface area contributed by atoms with Crippen LogP contribution in [-0.4, -0.2) is 34.2 Å². The molecule has 0 radical (unpaired) electrons. The maximum atomic E-state index is 10.7. The van der Waals surface area contributed by atoms with E-state index in [1.807, 2.05) is 12.1 Å². The number of nitro groups is 1. The van der Waals surface area contributed by atoms with Gasteiger partial charge in [-0.15, -0.1) is 0 Å². The van der Waals surface area contributed by atoms with E-state index >= 15 is 0 Å². The van der Waals surface area contributed by atoms with Crippen molar-refractivity contribution in [3.63, 3.8) is 0 Å². The Morgan fingerprint density at radius 2 is 2.20 bits per heavy atom. The van der Waals surface area contributed by atoms with Crippen LogP contribution in [0.1, 0.15) is 12.8 Å². The summed E-state index contributed by atoms with van der Waals surface area (Å²) in [6.45, 7) is 1.47. The number of non-ortho nitro benzene ring substituents is 1. The summed E-state index contributed by atoms with van der Waals surface area (Å²) in [6.07, 6.45) is 1.47. The van der Waals surface area contributed by atoms with Gasteiger partial charge in [0, 0.05) is 30.6 Å². The van der Waals surface area contributed by atoms with Crippen LogP contribution in [0, 0.1) is 10.1 Å². The van der Waals surface area contributed by atoms with Crippen molar-refractivity contribution < 1.29 is 10.0 Å². The molecule has 1 fully saturated rings. The monoisotopic (exact) mass is 273 g/mol. The summed E-state index contributed by atoms with van der Waals surface area (Å²) < 4.78 is 0. The van der Waals surface area contributed by atoms with Crippen LogP contribution in [0.3, 0.4) is 0 Å². The standard InChI is InChI=1S/C14H15N3O3/c18-12-2-1-7-16(9-12)14-6-3-10-8-11(17(19)20)4-5-13(10)15-14/h3-6,8,12,18H,1-2,7,9H2/t12-/m0/s1. The number of nitro benzene ring substituents is 1. The second-order valence-electron chi connectivity index (χ2n) is 5.05. The number of nitrogens with zero attached hydrogens (tertiary/aromatic N) is 3. The number of hydrogen-bond acceptors (Lipinski definition) is 5. The van der Waals surface area contributed by atoms with Crippen LogP contribution in [0.4, 0.5) is 11.5 Å². The minimum Gasteiger partial charge on any atom is -0.391 e. The number of aliphatic hydroxyl groups is 1. The molecule has 0 bridgehead atoms. The van der Waals surface area contributed by atoms with E-state index in [-0.39, 0.29) is 11.8 Å². The minimum absolute atomic E-state index is 0.0699. The smallest absolute Gasteiger partial charge is 0.270 e. The molecule has 0 spiro atoms. The molecular weight excluding hydrogens is 258 g/mol. The number of aliphatic hydroxyl groups excluding tert-OH is 1. The van der Waals surface area contributed by atoms with Gasteiger partial charge >= 0.3 is 0 Å². The maximum Gasteiger partial charge on any atom is 0.270 e. The van der Waals surface area contributed by atoms with Crippen LogP contribution < -0.4 is 4.90 Å². The Labute approximate surface area is 115 Å². The van der Waals surface area contributed by atoms with Crippen molar-refractivity contribution in [3.8, 4) is 0 Å². The van der Waals surface area contributed by atoms with Crippen molar-refractivity contribution in [2.45, 2.75) is 18.9 Å². The van der Waals surface area contributed by atoms with Crippen LogP contribution in [0.2, 0.25) is 0 Å². The molecule has 1 aliphatic rings. The molecule has 20 heavy (non-hydrogen) atoms. The second kappa shape index (κ2) is 5.05. The highest BCUT2D eigenvalue weighted by Crippen LogP contribution is 2.24. The summed E-state index contributed by atoms with van der Waals surface area (Å²) in [5.41, 5.74) is 0.800. The molecule has 0 amide bonds. The van der Waals surface area contributed by atoms with Crippen molar-refractivity contribution in [1.29, 1.82) is 0 Å². The lowest BCUT2D eigenvalue weighted by molar-refractivity contribution is -0.384. The van der Waals surface area contributed by atoms with E-state index in [1.54, 1.807) is 6.07 Å². The molecule has 2 aromatic rings. The van der Waals surface area contributed by atoms with E-state index < -0.39 is 4.92 Å². The summed E-state index contributed by atoms with van der Waals surface area (Å²) in [4.78, 5) is 16.9. The normalized spacial score (nSPS) is 19.2. The molecular formula is C14H15N3O3. The van der Waals surface area contributed by atoms with Crippen LogP contribution in [0.25, 0.3) is 10.9 Å². The molecule has 1 saturated heterocycles. The first kappa shape index (κ1) is 12.8. The third-order valence-corrected chi connectivity index (χ3v) is 3.59. The van der Waals surface area contributed by atoms with Gasteiger partial charge in [0.2, 0.25) is 0 Å². The van der Waals surface area contributed by atoms with Gasteiger partial charge in [0.25, 0.3) is 5.69 Å². The summed E-state index contributed by atoms with van der Waals surface area (Å²) in [6, 6.07) is 8.34. The highest BCUT2D eigenvalue weighted by molar-refractivity contribution is 5.82. The Hall–Kier alpha value is -2.21. The molecule has 6 nitrogen and oxygen atoms in total. The van der Waals surface area contributed by atoms with Crippen LogP contribution in [0.15, 0.2) is 30.3 Å². The molecule has 1 atom stereocenters. The highest BCUT2D eigenvalue weighted by atomic mass is 16.6. The topological polar surface area (TPSA) is 79.5 Å². The summed E-state index contributed by atoms with van der Waals surface area (Å²) >= 11 is 0. The van der Waals surface area contributed by atoms with E-state index in [0.29, 0.717) is 6.54 Å². The van der Waals surface area contributed by atoms with Gasteiger partial charge < -0.3 is 10.0 Å². The third-order valence-electron chi connectivity index (χ3n) is 3.59. The molecule has 2 heterocycles. The minimum atomic E-state index is -0.408. The predicted molar refractivity (Wildman–Crippen MR) is 75.9 cm³/mol. The van der Waals surface area contributed by atoms with E-state index in [9.17, 15) is 15.2 Å². The summed E-state index contributed by atoms with van der Waals surface area (Å²) in [7, 11) is 0. The third kappa shape index (κ3) is 2.42. The fourth-order valence-corrected chi connectivity index (χ4v) is 2.55. The number of hydrogen-bond donors (Lipinski definition) is 1. The Balaban J connectivity index is 1.94.